The van der Waals surface area contributed by atoms with Crippen molar-refractivity contribution in [2.45, 2.75) is 32.9 Å². The standard InChI is InChI=1S/C13H21FN2/c1-5-10(2)16(4)13-7-11(9-15-3)6-12(14)8-13/h6-8,10,15H,5,9H2,1-4H3. The van der Waals surface area contributed by atoms with Gasteiger partial charge in [-0.3, -0.25) is 0 Å². The Morgan fingerprint density at radius 3 is 2.62 bits per heavy atom. The molecule has 0 heterocycles. The van der Waals surface area contributed by atoms with E-state index in [1.807, 2.05) is 20.2 Å². The molecule has 2 nitrogen and oxygen atoms in total. The van der Waals surface area contributed by atoms with Gasteiger partial charge in [-0.25, -0.2) is 4.39 Å². The van der Waals surface area contributed by atoms with Gasteiger partial charge in [0.2, 0.25) is 0 Å². The van der Waals surface area contributed by atoms with Gasteiger partial charge in [0.05, 0.1) is 0 Å². The lowest BCUT2D eigenvalue weighted by Crippen LogP contribution is -2.28. The summed E-state index contributed by atoms with van der Waals surface area (Å²) in [7, 11) is 3.87. The Labute approximate surface area is 97.5 Å². The van der Waals surface area contributed by atoms with Crippen LogP contribution in [0.5, 0.6) is 0 Å². The zero-order valence-corrected chi connectivity index (χ0v) is 10.5. The molecule has 90 valence electrons. The predicted molar refractivity (Wildman–Crippen MR) is 67.3 cm³/mol. The maximum Gasteiger partial charge on any atom is 0.125 e. The monoisotopic (exact) mass is 224 g/mol. The number of hydrogen-bond donors (Lipinski definition) is 1. The summed E-state index contributed by atoms with van der Waals surface area (Å²) in [6.45, 7) is 4.97. The van der Waals surface area contributed by atoms with Gasteiger partial charge in [-0.1, -0.05) is 6.92 Å². The van der Waals surface area contributed by atoms with E-state index < -0.39 is 0 Å². The highest BCUT2D eigenvalue weighted by molar-refractivity contribution is 5.49. The van der Waals surface area contributed by atoms with Crippen LogP contribution in [0.2, 0.25) is 0 Å². The van der Waals surface area contributed by atoms with Crippen LogP contribution in [0.1, 0.15) is 25.8 Å². The molecule has 0 aliphatic carbocycles. The molecule has 16 heavy (non-hydrogen) atoms. The maximum atomic E-state index is 13.4. The zero-order chi connectivity index (χ0) is 12.1. The van der Waals surface area contributed by atoms with Gasteiger partial charge < -0.3 is 10.2 Å². The summed E-state index contributed by atoms with van der Waals surface area (Å²) < 4.78 is 13.4. The van der Waals surface area contributed by atoms with Gasteiger partial charge in [-0.15, -0.1) is 0 Å². The Kier molecular flexibility index (Phi) is 4.74. The van der Waals surface area contributed by atoms with E-state index in [-0.39, 0.29) is 5.82 Å². The highest BCUT2D eigenvalue weighted by atomic mass is 19.1. The average Bonchev–Trinajstić information content (AvgIpc) is 2.26. The summed E-state index contributed by atoms with van der Waals surface area (Å²) in [4.78, 5) is 2.11. The number of nitrogens with zero attached hydrogens (tertiary/aromatic N) is 1. The van der Waals surface area contributed by atoms with Crippen molar-refractivity contribution in [3.05, 3.63) is 29.6 Å². The summed E-state index contributed by atoms with van der Waals surface area (Å²) in [5.74, 6) is -0.169. The lowest BCUT2D eigenvalue weighted by atomic mass is 10.1. The normalized spacial score (nSPS) is 12.6. The van der Waals surface area contributed by atoms with Crippen LogP contribution >= 0.6 is 0 Å². The Balaban J connectivity index is 2.94. The van der Waals surface area contributed by atoms with Gasteiger partial charge in [-0.2, -0.15) is 0 Å². The Bertz CT molecular complexity index is 339. The largest absolute Gasteiger partial charge is 0.372 e. The van der Waals surface area contributed by atoms with Gasteiger partial charge in [0, 0.05) is 25.3 Å². The third-order valence-electron chi connectivity index (χ3n) is 2.98. The van der Waals surface area contributed by atoms with Crippen LogP contribution in [0, 0.1) is 5.82 Å². The third-order valence-corrected chi connectivity index (χ3v) is 2.98. The molecule has 0 amide bonds. The van der Waals surface area contributed by atoms with Crippen LogP contribution in [0.4, 0.5) is 10.1 Å². The first-order chi connectivity index (χ1) is 7.58. The molecule has 1 atom stereocenters. The molecule has 0 spiro atoms. The number of rotatable bonds is 5. The minimum Gasteiger partial charge on any atom is -0.372 e. The van der Waals surface area contributed by atoms with E-state index in [1.165, 1.54) is 0 Å². The second-order valence-corrected chi connectivity index (χ2v) is 4.22. The minimum absolute atomic E-state index is 0.169. The second-order valence-electron chi connectivity index (χ2n) is 4.22. The fourth-order valence-electron chi connectivity index (χ4n) is 1.67. The van der Waals surface area contributed by atoms with Gasteiger partial charge in [-0.05, 0) is 44.2 Å². The molecule has 0 bridgehead atoms. The summed E-state index contributed by atoms with van der Waals surface area (Å²) in [6.07, 6.45) is 1.05. The molecule has 1 unspecified atom stereocenters. The summed E-state index contributed by atoms with van der Waals surface area (Å²) in [6, 6.07) is 5.62. The zero-order valence-electron chi connectivity index (χ0n) is 10.5. The van der Waals surface area contributed by atoms with Gasteiger partial charge in [0.1, 0.15) is 5.82 Å². The Morgan fingerprint density at radius 1 is 1.38 bits per heavy atom. The molecule has 1 aromatic rings. The highest BCUT2D eigenvalue weighted by Crippen LogP contribution is 2.20. The first-order valence-electron chi connectivity index (χ1n) is 5.75. The topological polar surface area (TPSA) is 15.3 Å². The summed E-state index contributed by atoms with van der Waals surface area (Å²) >= 11 is 0. The molecule has 1 N–H and O–H groups in total. The van der Waals surface area contributed by atoms with Gasteiger partial charge >= 0.3 is 0 Å². The fourth-order valence-corrected chi connectivity index (χ4v) is 1.67. The van der Waals surface area contributed by atoms with E-state index in [1.54, 1.807) is 12.1 Å². The number of benzene rings is 1. The molecule has 0 aliphatic heterocycles. The third kappa shape index (κ3) is 3.20. The summed E-state index contributed by atoms with van der Waals surface area (Å²) in [5.41, 5.74) is 1.92. The molecular weight excluding hydrogens is 203 g/mol. The van der Waals surface area contributed by atoms with E-state index in [9.17, 15) is 4.39 Å². The van der Waals surface area contributed by atoms with E-state index in [2.05, 4.69) is 24.1 Å². The predicted octanol–water partition coefficient (Wildman–Crippen LogP) is 2.78. The molecule has 0 aromatic heterocycles. The highest BCUT2D eigenvalue weighted by Gasteiger charge is 2.09. The minimum atomic E-state index is -0.169. The van der Waals surface area contributed by atoms with E-state index >= 15 is 0 Å². The molecule has 0 fully saturated rings. The smallest absolute Gasteiger partial charge is 0.125 e. The Morgan fingerprint density at radius 2 is 2.06 bits per heavy atom. The van der Waals surface area contributed by atoms with E-state index in [0.717, 1.165) is 17.7 Å². The number of halogens is 1. The second kappa shape index (κ2) is 5.85. The van der Waals surface area contributed by atoms with Crippen molar-refractivity contribution >= 4 is 5.69 Å². The molecule has 3 heteroatoms. The number of hydrogen-bond acceptors (Lipinski definition) is 2. The molecular formula is C13H21FN2. The van der Waals surface area contributed by atoms with Gasteiger partial charge in [0.25, 0.3) is 0 Å². The average molecular weight is 224 g/mol. The quantitative estimate of drug-likeness (QED) is 0.827. The lowest BCUT2D eigenvalue weighted by Gasteiger charge is -2.26. The van der Waals surface area contributed by atoms with Gasteiger partial charge in [0.15, 0.2) is 0 Å². The molecule has 0 saturated carbocycles. The van der Waals surface area contributed by atoms with Crippen molar-refractivity contribution in [2.24, 2.45) is 0 Å². The van der Waals surface area contributed by atoms with Crippen LogP contribution in [0.15, 0.2) is 18.2 Å². The molecule has 1 rings (SSSR count). The molecule has 1 aromatic carbocycles. The molecule has 0 radical (unpaired) electrons. The molecule has 0 saturated heterocycles. The maximum absolute atomic E-state index is 13.4. The fraction of sp³-hybridized carbons (Fsp3) is 0.538. The number of anilines is 1. The van der Waals surface area contributed by atoms with Crippen molar-refractivity contribution in [3.63, 3.8) is 0 Å². The summed E-state index contributed by atoms with van der Waals surface area (Å²) in [5, 5.41) is 3.04. The van der Waals surface area contributed by atoms with Crippen molar-refractivity contribution < 1.29 is 4.39 Å². The van der Waals surface area contributed by atoms with Crippen LogP contribution in [0.3, 0.4) is 0 Å². The van der Waals surface area contributed by atoms with Crippen molar-refractivity contribution in [1.82, 2.24) is 5.32 Å². The van der Waals surface area contributed by atoms with Crippen LogP contribution < -0.4 is 10.2 Å². The van der Waals surface area contributed by atoms with E-state index in [4.69, 9.17) is 0 Å². The first-order valence-corrected chi connectivity index (χ1v) is 5.75. The Hall–Kier alpha value is -1.09. The lowest BCUT2D eigenvalue weighted by molar-refractivity contribution is 0.617. The van der Waals surface area contributed by atoms with E-state index in [0.29, 0.717) is 12.6 Å². The van der Waals surface area contributed by atoms with Crippen molar-refractivity contribution in [3.8, 4) is 0 Å². The SMILES string of the molecule is CCC(C)N(C)c1cc(F)cc(CNC)c1. The number of nitrogens with one attached hydrogen (secondary N) is 1. The van der Waals surface area contributed by atoms with Crippen molar-refractivity contribution in [1.29, 1.82) is 0 Å². The van der Waals surface area contributed by atoms with Crippen LogP contribution in [-0.4, -0.2) is 20.1 Å². The first kappa shape index (κ1) is 13.0. The van der Waals surface area contributed by atoms with Crippen LogP contribution in [0.25, 0.3) is 0 Å². The van der Waals surface area contributed by atoms with Crippen LogP contribution in [-0.2, 0) is 6.54 Å². The molecule has 0 aliphatic rings. The van der Waals surface area contributed by atoms with Crippen molar-refractivity contribution in [2.75, 3.05) is 19.0 Å².